The highest BCUT2D eigenvalue weighted by Crippen LogP contribution is 2.47. The molecule has 0 unspecified atom stereocenters. The monoisotopic (exact) mass is 570 g/mol. The number of rotatable bonds is 4. The van der Waals surface area contributed by atoms with Crippen molar-refractivity contribution in [1.82, 2.24) is 0 Å². The van der Waals surface area contributed by atoms with Gasteiger partial charge in [0.1, 0.15) is 0 Å². The molecular formula is C42H34O2. The van der Waals surface area contributed by atoms with Crippen molar-refractivity contribution in [3.05, 3.63) is 132 Å². The molecule has 0 spiro atoms. The van der Waals surface area contributed by atoms with Gasteiger partial charge >= 0.3 is 0 Å². The standard InChI is InChI=1S/C42H34O2/c1-41(2,43)37-24-36(34-22-28-10-5-6-13-29(28)30-14-7-8-15-31(30)34)38(42(3,4)44)23-35(37)32-20-18-27-17-16-25-11-9-12-26-19-21-33(32)40(27)39(25)26/h5-24,43-44H,1-4H3. The van der Waals surface area contributed by atoms with Crippen LogP contribution in [0, 0.1) is 0 Å². The molecule has 2 heteroatoms. The Balaban J connectivity index is 1.50. The van der Waals surface area contributed by atoms with E-state index < -0.39 is 11.2 Å². The van der Waals surface area contributed by atoms with Gasteiger partial charge in [-0.1, -0.05) is 103 Å². The number of hydrogen-bond donors (Lipinski definition) is 2. The Morgan fingerprint density at radius 3 is 1.52 bits per heavy atom. The molecule has 44 heavy (non-hydrogen) atoms. The first-order valence-corrected chi connectivity index (χ1v) is 15.3. The van der Waals surface area contributed by atoms with Crippen LogP contribution < -0.4 is 0 Å². The predicted octanol–water partition coefficient (Wildman–Crippen LogP) is 10.7. The topological polar surface area (TPSA) is 40.5 Å². The fraction of sp³-hybridized carbons (Fsp3) is 0.143. The third kappa shape index (κ3) is 4.02. The van der Waals surface area contributed by atoms with Gasteiger partial charge in [-0.05, 0) is 133 Å². The third-order valence-corrected chi connectivity index (χ3v) is 9.35. The number of fused-ring (bicyclic) bond motifs is 3. The minimum absolute atomic E-state index is 0.826. The molecule has 0 atom stereocenters. The Morgan fingerprint density at radius 1 is 0.364 bits per heavy atom. The Hall–Kier alpha value is -4.76. The second-order valence-corrected chi connectivity index (χ2v) is 13.2. The summed E-state index contributed by atoms with van der Waals surface area (Å²) in [5.74, 6) is 0. The summed E-state index contributed by atoms with van der Waals surface area (Å²) in [7, 11) is 0. The molecule has 0 bridgehead atoms. The first kappa shape index (κ1) is 26.8. The zero-order valence-electron chi connectivity index (χ0n) is 25.4. The Kier molecular flexibility index (Phi) is 5.71. The van der Waals surface area contributed by atoms with E-state index >= 15 is 0 Å². The van der Waals surface area contributed by atoms with Crippen molar-refractivity contribution in [3.8, 4) is 22.3 Å². The molecule has 2 nitrogen and oxygen atoms in total. The van der Waals surface area contributed by atoms with Gasteiger partial charge in [0.05, 0.1) is 11.2 Å². The normalized spacial score (nSPS) is 12.8. The van der Waals surface area contributed by atoms with Crippen molar-refractivity contribution < 1.29 is 10.2 Å². The molecular weight excluding hydrogens is 536 g/mol. The van der Waals surface area contributed by atoms with Crippen molar-refractivity contribution in [2.45, 2.75) is 38.9 Å². The van der Waals surface area contributed by atoms with Gasteiger partial charge in [-0.15, -0.1) is 0 Å². The highest BCUT2D eigenvalue weighted by Gasteiger charge is 2.30. The molecule has 8 aromatic carbocycles. The maximum atomic E-state index is 11.8. The van der Waals surface area contributed by atoms with E-state index in [2.05, 4.69) is 121 Å². The van der Waals surface area contributed by atoms with Crippen LogP contribution in [0.1, 0.15) is 38.8 Å². The molecule has 0 saturated carbocycles. The Labute approximate surface area is 257 Å². The van der Waals surface area contributed by atoms with Crippen LogP contribution in [0.4, 0.5) is 0 Å². The summed E-state index contributed by atoms with van der Waals surface area (Å²) in [4.78, 5) is 0. The van der Waals surface area contributed by atoms with Gasteiger partial charge in [0, 0.05) is 0 Å². The van der Waals surface area contributed by atoms with E-state index in [1.165, 1.54) is 37.7 Å². The van der Waals surface area contributed by atoms with Crippen molar-refractivity contribution >= 4 is 53.9 Å². The summed E-state index contributed by atoms with van der Waals surface area (Å²) >= 11 is 0. The summed E-state index contributed by atoms with van der Waals surface area (Å²) in [6.45, 7) is 7.42. The molecule has 0 heterocycles. The van der Waals surface area contributed by atoms with Gasteiger partial charge in [0.2, 0.25) is 0 Å². The highest BCUT2D eigenvalue weighted by atomic mass is 16.3. The average molecular weight is 571 g/mol. The largest absolute Gasteiger partial charge is 0.386 e. The maximum Gasteiger partial charge on any atom is 0.0846 e. The van der Waals surface area contributed by atoms with Gasteiger partial charge in [-0.3, -0.25) is 0 Å². The lowest BCUT2D eigenvalue weighted by Crippen LogP contribution is -2.21. The van der Waals surface area contributed by atoms with Crippen molar-refractivity contribution in [2.75, 3.05) is 0 Å². The van der Waals surface area contributed by atoms with Crippen LogP contribution in [0.5, 0.6) is 0 Å². The van der Waals surface area contributed by atoms with Crippen LogP contribution >= 0.6 is 0 Å². The Morgan fingerprint density at radius 2 is 0.864 bits per heavy atom. The Bertz CT molecular complexity index is 2380. The van der Waals surface area contributed by atoms with E-state index in [4.69, 9.17) is 0 Å². The predicted molar refractivity (Wildman–Crippen MR) is 187 cm³/mol. The summed E-state index contributed by atoms with van der Waals surface area (Å²) in [5, 5.41) is 35.4. The van der Waals surface area contributed by atoms with Crippen molar-refractivity contribution in [1.29, 1.82) is 0 Å². The fourth-order valence-corrected chi connectivity index (χ4v) is 7.30. The SMILES string of the molecule is CC(C)(O)c1cc(-c2ccc3ccc4cccc5ccc2c3c45)c(C(C)(C)O)cc1-c1cc2ccccc2c2ccccc12. The average Bonchev–Trinajstić information content (AvgIpc) is 3.02. The van der Waals surface area contributed by atoms with Gasteiger partial charge < -0.3 is 10.2 Å². The molecule has 0 fully saturated rings. The molecule has 0 aromatic heterocycles. The second kappa shape index (κ2) is 9.37. The van der Waals surface area contributed by atoms with E-state index in [-0.39, 0.29) is 0 Å². The minimum Gasteiger partial charge on any atom is -0.386 e. The van der Waals surface area contributed by atoms with Crippen LogP contribution in [0.3, 0.4) is 0 Å². The molecule has 0 radical (unpaired) electrons. The van der Waals surface area contributed by atoms with Crippen LogP contribution in [-0.4, -0.2) is 10.2 Å². The maximum absolute atomic E-state index is 11.8. The van der Waals surface area contributed by atoms with E-state index in [0.717, 1.165) is 49.5 Å². The molecule has 0 aliphatic carbocycles. The summed E-state index contributed by atoms with van der Waals surface area (Å²) in [6, 6.07) is 43.0. The van der Waals surface area contributed by atoms with Crippen LogP contribution in [0.15, 0.2) is 121 Å². The van der Waals surface area contributed by atoms with E-state index in [1.807, 2.05) is 27.7 Å². The number of hydrogen-bond acceptors (Lipinski definition) is 2. The number of aliphatic hydroxyl groups is 2. The smallest absolute Gasteiger partial charge is 0.0846 e. The van der Waals surface area contributed by atoms with Gasteiger partial charge in [0.25, 0.3) is 0 Å². The quantitative estimate of drug-likeness (QED) is 0.207. The summed E-state index contributed by atoms with van der Waals surface area (Å²) in [6.07, 6.45) is 0. The molecule has 8 aromatic rings. The van der Waals surface area contributed by atoms with E-state index in [9.17, 15) is 10.2 Å². The lowest BCUT2D eigenvalue weighted by atomic mass is 9.78. The summed E-state index contributed by atoms with van der Waals surface area (Å²) in [5.41, 5.74) is 3.33. The lowest BCUT2D eigenvalue weighted by Gasteiger charge is -2.30. The molecule has 0 amide bonds. The first-order chi connectivity index (χ1) is 21.1. The summed E-state index contributed by atoms with van der Waals surface area (Å²) < 4.78 is 0. The lowest BCUT2D eigenvalue weighted by molar-refractivity contribution is 0.0753. The molecule has 0 aliphatic heterocycles. The third-order valence-electron chi connectivity index (χ3n) is 9.35. The van der Waals surface area contributed by atoms with E-state index in [0.29, 0.717) is 0 Å². The molecule has 214 valence electrons. The zero-order valence-corrected chi connectivity index (χ0v) is 25.4. The van der Waals surface area contributed by atoms with Gasteiger partial charge in [-0.25, -0.2) is 0 Å². The first-order valence-electron chi connectivity index (χ1n) is 15.3. The van der Waals surface area contributed by atoms with Crippen LogP contribution in [0.2, 0.25) is 0 Å². The molecule has 0 saturated heterocycles. The highest BCUT2D eigenvalue weighted by molar-refractivity contribution is 6.25. The van der Waals surface area contributed by atoms with Gasteiger partial charge in [-0.2, -0.15) is 0 Å². The zero-order chi connectivity index (χ0) is 30.4. The number of benzene rings is 8. The van der Waals surface area contributed by atoms with E-state index in [1.54, 1.807) is 0 Å². The molecule has 0 aliphatic rings. The van der Waals surface area contributed by atoms with Gasteiger partial charge in [0.15, 0.2) is 0 Å². The second-order valence-electron chi connectivity index (χ2n) is 13.2. The van der Waals surface area contributed by atoms with Crippen LogP contribution in [-0.2, 0) is 11.2 Å². The van der Waals surface area contributed by atoms with Crippen LogP contribution in [0.25, 0.3) is 76.1 Å². The molecule has 8 rings (SSSR count). The van der Waals surface area contributed by atoms with Crippen molar-refractivity contribution in [2.24, 2.45) is 0 Å². The fourth-order valence-electron chi connectivity index (χ4n) is 7.30. The van der Waals surface area contributed by atoms with Crippen molar-refractivity contribution in [3.63, 3.8) is 0 Å². The molecule has 2 N–H and O–H groups in total. The minimum atomic E-state index is -1.14.